The fourth-order valence-corrected chi connectivity index (χ4v) is 2.51. The summed E-state index contributed by atoms with van der Waals surface area (Å²) >= 11 is 0. The predicted molar refractivity (Wildman–Crippen MR) is 68.2 cm³/mol. The maximum absolute atomic E-state index is 5.78. The van der Waals surface area contributed by atoms with Crippen LogP contribution in [0.25, 0.3) is 0 Å². The molecule has 0 aromatic carbocycles. The lowest BCUT2D eigenvalue weighted by atomic mass is 10.1. The van der Waals surface area contributed by atoms with Gasteiger partial charge in [-0.25, -0.2) is 9.97 Å². The van der Waals surface area contributed by atoms with Gasteiger partial charge in [0.1, 0.15) is 6.33 Å². The molecule has 2 N–H and O–H groups in total. The Morgan fingerprint density at radius 1 is 1.41 bits per heavy atom. The fourth-order valence-electron chi connectivity index (χ4n) is 2.51. The van der Waals surface area contributed by atoms with Crippen molar-refractivity contribution < 1.29 is 4.74 Å². The first-order valence-corrected chi connectivity index (χ1v) is 6.08. The summed E-state index contributed by atoms with van der Waals surface area (Å²) in [6.07, 6.45) is 6.81. The molecule has 0 bridgehead atoms. The summed E-state index contributed by atoms with van der Waals surface area (Å²) in [6.45, 7) is 1.01. The van der Waals surface area contributed by atoms with E-state index in [4.69, 9.17) is 10.5 Å². The van der Waals surface area contributed by atoms with Gasteiger partial charge in [0.15, 0.2) is 11.6 Å². The molecule has 1 aromatic heterocycles. The van der Waals surface area contributed by atoms with Crippen molar-refractivity contribution in [1.82, 2.24) is 9.97 Å². The van der Waals surface area contributed by atoms with Crippen LogP contribution in [0.4, 0.5) is 11.6 Å². The Bertz CT molecular complexity index is 377. The highest BCUT2D eigenvalue weighted by Crippen LogP contribution is 2.32. The molecule has 0 aliphatic heterocycles. The van der Waals surface area contributed by atoms with E-state index in [2.05, 4.69) is 14.9 Å². The average Bonchev–Trinajstić information content (AvgIpc) is 2.81. The van der Waals surface area contributed by atoms with E-state index in [9.17, 15) is 0 Å². The smallest absolute Gasteiger partial charge is 0.204 e. The largest absolute Gasteiger partial charge is 0.490 e. The van der Waals surface area contributed by atoms with Crippen molar-refractivity contribution >= 4 is 11.6 Å². The zero-order valence-electron chi connectivity index (χ0n) is 10.5. The van der Waals surface area contributed by atoms with Crippen LogP contribution in [0.3, 0.4) is 0 Å². The highest BCUT2D eigenvalue weighted by molar-refractivity contribution is 5.62. The number of hydrogen-bond donors (Lipinski definition) is 1. The van der Waals surface area contributed by atoms with Crippen LogP contribution in [0, 0.1) is 5.92 Å². The zero-order chi connectivity index (χ0) is 12.3. The standard InChI is InChI=1S/C12H20N4O/c1-16(7-9-5-3-4-6-9)12-10(17-2)11(13)14-8-15-12/h8-9H,3-7H2,1-2H3,(H2,13,14,15). The van der Waals surface area contributed by atoms with E-state index in [-0.39, 0.29) is 0 Å². The molecule has 0 amide bonds. The van der Waals surface area contributed by atoms with Crippen LogP contribution in [-0.4, -0.2) is 30.7 Å². The van der Waals surface area contributed by atoms with Crippen molar-refractivity contribution in [2.45, 2.75) is 25.7 Å². The second-order valence-corrected chi connectivity index (χ2v) is 4.65. The summed E-state index contributed by atoms with van der Waals surface area (Å²) in [4.78, 5) is 10.3. The van der Waals surface area contributed by atoms with Crippen molar-refractivity contribution in [2.75, 3.05) is 31.3 Å². The highest BCUT2D eigenvalue weighted by atomic mass is 16.5. The summed E-state index contributed by atoms with van der Waals surface area (Å²) < 4.78 is 5.27. The van der Waals surface area contributed by atoms with Crippen molar-refractivity contribution in [3.8, 4) is 5.75 Å². The Hall–Kier alpha value is -1.52. The Balaban J connectivity index is 2.12. The number of nitrogens with two attached hydrogens (primary N) is 1. The molecule has 5 heteroatoms. The number of aromatic nitrogens is 2. The van der Waals surface area contributed by atoms with Crippen molar-refractivity contribution in [3.63, 3.8) is 0 Å². The number of nitrogen functional groups attached to an aromatic ring is 1. The minimum atomic E-state index is 0.399. The SMILES string of the molecule is COc1c(N)ncnc1N(C)CC1CCCC1. The van der Waals surface area contributed by atoms with Crippen LogP contribution in [0.15, 0.2) is 6.33 Å². The third kappa shape index (κ3) is 2.60. The normalized spacial score (nSPS) is 16.1. The van der Waals surface area contributed by atoms with E-state index in [0.29, 0.717) is 11.6 Å². The zero-order valence-corrected chi connectivity index (χ0v) is 10.5. The lowest BCUT2D eigenvalue weighted by molar-refractivity contribution is 0.412. The third-order valence-electron chi connectivity index (χ3n) is 3.39. The summed E-state index contributed by atoms with van der Waals surface area (Å²) in [6, 6.07) is 0. The fraction of sp³-hybridized carbons (Fsp3) is 0.667. The number of nitrogens with zero attached hydrogens (tertiary/aromatic N) is 3. The number of methoxy groups -OCH3 is 1. The van der Waals surface area contributed by atoms with E-state index in [0.717, 1.165) is 18.3 Å². The van der Waals surface area contributed by atoms with Crippen molar-refractivity contribution in [3.05, 3.63) is 6.33 Å². The molecule has 0 spiro atoms. The molecule has 0 saturated heterocycles. The molecule has 1 saturated carbocycles. The first kappa shape index (κ1) is 12.0. The lowest BCUT2D eigenvalue weighted by Gasteiger charge is -2.23. The number of anilines is 2. The molecular formula is C12H20N4O. The van der Waals surface area contributed by atoms with E-state index in [1.165, 1.54) is 32.0 Å². The molecule has 1 aliphatic carbocycles. The molecule has 0 radical (unpaired) electrons. The molecule has 1 heterocycles. The van der Waals surface area contributed by atoms with Crippen LogP contribution in [0.1, 0.15) is 25.7 Å². The van der Waals surface area contributed by atoms with Crippen LogP contribution >= 0.6 is 0 Å². The number of hydrogen-bond acceptors (Lipinski definition) is 5. The second-order valence-electron chi connectivity index (χ2n) is 4.65. The number of rotatable bonds is 4. The first-order valence-electron chi connectivity index (χ1n) is 6.08. The van der Waals surface area contributed by atoms with Crippen LogP contribution in [0.2, 0.25) is 0 Å². The second kappa shape index (κ2) is 5.21. The minimum Gasteiger partial charge on any atom is -0.490 e. The van der Waals surface area contributed by atoms with Crippen LogP contribution in [0.5, 0.6) is 5.75 Å². The summed E-state index contributed by atoms with van der Waals surface area (Å²) in [7, 11) is 3.63. The van der Waals surface area contributed by atoms with E-state index in [1.54, 1.807) is 7.11 Å². The Morgan fingerprint density at radius 3 is 2.76 bits per heavy atom. The quantitative estimate of drug-likeness (QED) is 0.862. The van der Waals surface area contributed by atoms with Gasteiger partial charge in [0.25, 0.3) is 0 Å². The van der Waals surface area contributed by atoms with E-state index in [1.807, 2.05) is 7.05 Å². The number of ether oxygens (including phenoxy) is 1. The average molecular weight is 236 g/mol. The van der Waals surface area contributed by atoms with Gasteiger partial charge in [0, 0.05) is 13.6 Å². The molecule has 2 rings (SSSR count). The first-order chi connectivity index (χ1) is 8.22. The van der Waals surface area contributed by atoms with Gasteiger partial charge in [-0.3, -0.25) is 0 Å². The third-order valence-corrected chi connectivity index (χ3v) is 3.39. The van der Waals surface area contributed by atoms with Gasteiger partial charge in [-0.2, -0.15) is 0 Å². The Labute approximate surface area is 102 Å². The highest BCUT2D eigenvalue weighted by Gasteiger charge is 2.20. The molecule has 5 nitrogen and oxygen atoms in total. The van der Waals surface area contributed by atoms with Gasteiger partial charge >= 0.3 is 0 Å². The van der Waals surface area contributed by atoms with Crippen molar-refractivity contribution in [1.29, 1.82) is 0 Å². The summed E-state index contributed by atoms with van der Waals surface area (Å²) in [5, 5.41) is 0. The molecule has 0 atom stereocenters. The topological polar surface area (TPSA) is 64.3 Å². The van der Waals surface area contributed by atoms with Crippen molar-refractivity contribution in [2.24, 2.45) is 5.92 Å². The Kier molecular flexibility index (Phi) is 3.66. The molecule has 1 aromatic rings. The maximum atomic E-state index is 5.78. The minimum absolute atomic E-state index is 0.399. The maximum Gasteiger partial charge on any atom is 0.204 e. The molecule has 1 aliphatic rings. The van der Waals surface area contributed by atoms with Crippen LogP contribution in [-0.2, 0) is 0 Å². The van der Waals surface area contributed by atoms with E-state index < -0.39 is 0 Å². The molecule has 0 unspecified atom stereocenters. The van der Waals surface area contributed by atoms with Gasteiger partial charge in [-0.15, -0.1) is 0 Å². The summed E-state index contributed by atoms with van der Waals surface area (Å²) in [5.74, 6) is 2.52. The Morgan fingerprint density at radius 2 is 2.12 bits per heavy atom. The summed E-state index contributed by atoms with van der Waals surface area (Å²) in [5.41, 5.74) is 5.78. The molecular weight excluding hydrogens is 216 g/mol. The van der Waals surface area contributed by atoms with Gasteiger partial charge < -0.3 is 15.4 Å². The van der Waals surface area contributed by atoms with Crippen LogP contribution < -0.4 is 15.4 Å². The van der Waals surface area contributed by atoms with Gasteiger partial charge in [0.2, 0.25) is 5.75 Å². The van der Waals surface area contributed by atoms with Gasteiger partial charge in [-0.05, 0) is 18.8 Å². The molecule has 94 valence electrons. The predicted octanol–water partition coefficient (Wildman–Crippen LogP) is 1.69. The van der Waals surface area contributed by atoms with Gasteiger partial charge in [-0.1, -0.05) is 12.8 Å². The molecule has 1 fully saturated rings. The van der Waals surface area contributed by atoms with Gasteiger partial charge in [0.05, 0.1) is 7.11 Å². The van der Waals surface area contributed by atoms with E-state index >= 15 is 0 Å². The monoisotopic (exact) mass is 236 g/mol. The lowest BCUT2D eigenvalue weighted by Crippen LogP contribution is -2.25. The molecule has 17 heavy (non-hydrogen) atoms.